The van der Waals surface area contributed by atoms with Crippen LogP contribution in [0.5, 0.6) is 0 Å². The van der Waals surface area contributed by atoms with Crippen LogP contribution in [0.2, 0.25) is 0 Å². The molecule has 0 saturated heterocycles. The number of nitriles is 1. The Morgan fingerprint density at radius 2 is 1.92 bits per heavy atom. The predicted octanol–water partition coefficient (Wildman–Crippen LogP) is 1.92. The maximum Gasteiger partial charge on any atom is 0.338 e. The van der Waals surface area contributed by atoms with Crippen molar-refractivity contribution in [2.75, 3.05) is 7.11 Å². The zero-order valence-corrected chi connectivity index (χ0v) is 7.65. The van der Waals surface area contributed by atoms with Crippen molar-refractivity contribution >= 4 is 5.97 Å². The number of hydrogen-bond acceptors (Lipinski definition) is 3. The Bertz CT molecular complexity index is 305. The largest absolute Gasteiger partial charge is 0.465 e. The van der Waals surface area contributed by atoms with E-state index in [-0.39, 0.29) is 5.97 Å². The third kappa shape index (κ3) is 2.96. The Kier molecular flexibility index (Phi) is 4.97. The third-order valence-electron chi connectivity index (χ3n) is 1.55. The number of benzene rings is 1. The van der Waals surface area contributed by atoms with Crippen LogP contribution in [0.25, 0.3) is 0 Å². The lowest BCUT2D eigenvalue weighted by atomic mass is 10.1. The van der Waals surface area contributed by atoms with Gasteiger partial charge in [0.25, 0.3) is 0 Å². The van der Waals surface area contributed by atoms with Crippen molar-refractivity contribution < 1.29 is 9.53 Å². The molecule has 0 unspecified atom stereocenters. The molecule has 0 spiro atoms. The second-order valence-electron chi connectivity index (χ2n) is 2.31. The lowest BCUT2D eigenvalue weighted by Crippen LogP contribution is -2.02. The SMILES string of the molecule is C#N.COC(=O)c1ccccc1C. The summed E-state index contributed by atoms with van der Waals surface area (Å²) in [5, 5.41) is 6.50. The van der Waals surface area contributed by atoms with E-state index in [2.05, 4.69) is 11.3 Å². The van der Waals surface area contributed by atoms with Crippen molar-refractivity contribution in [2.45, 2.75) is 6.92 Å². The zero-order valence-electron chi connectivity index (χ0n) is 7.65. The Morgan fingerprint density at radius 3 is 2.38 bits per heavy atom. The molecule has 1 aromatic rings. The van der Waals surface area contributed by atoms with Crippen LogP contribution in [-0.4, -0.2) is 13.1 Å². The fraction of sp³-hybridized carbons (Fsp3) is 0.200. The van der Waals surface area contributed by atoms with Gasteiger partial charge in [-0.05, 0) is 18.6 Å². The van der Waals surface area contributed by atoms with E-state index in [1.807, 2.05) is 25.1 Å². The molecule has 0 fully saturated rings. The van der Waals surface area contributed by atoms with Gasteiger partial charge in [0.15, 0.2) is 0 Å². The van der Waals surface area contributed by atoms with Crippen molar-refractivity contribution in [2.24, 2.45) is 0 Å². The van der Waals surface area contributed by atoms with Gasteiger partial charge in [0.1, 0.15) is 0 Å². The number of methoxy groups -OCH3 is 1. The summed E-state index contributed by atoms with van der Waals surface area (Å²) in [5.74, 6) is -0.275. The molecule has 0 saturated carbocycles. The van der Waals surface area contributed by atoms with Crippen molar-refractivity contribution in [1.29, 1.82) is 5.26 Å². The molecule has 3 heteroatoms. The van der Waals surface area contributed by atoms with Gasteiger partial charge in [-0.25, -0.2) is 10.1 Å². The van der Waals surface area contributed by atoms with Crippen molar-refractivity contribution in [3.8, 4) is 6.57 Å². The van der Waals surface area contributed by atoms with E-state index in [4.69, 9.17) is 5.26 Å². The number of hydrogen-bond donors (Lipinski definition) is 0. The van der Waals surface area contributed by atoms with Crippen molar-refractivity contribution in [1.82, 2.24) is 0 Å². The Morgan fingerprint density at radius 1 is 1.38 bits per heavy atom. The molecule has 0 radical (unpaired) electrons. The zero-order chi connectivity index (χ0) is 10.3. The number of aryl methyl sites for hydroxylation is 1. The maximum absolute atomic E-state index is 11.0. The molecular formula is C10H11NO2. The monoisotopic (exact) mass is 177 g/mol. The van der Waals surface area contributed by atoms with Crippen LogP contribution in [0, 0.1) is 18.8 Å². The molecule has 0 aliphatic carbocycles. The van der Waals surface area contributed by atoms with Gasteiger partial charge in [-0.1, -0.05) is 18.2 Å². The van der Waals surface area contributed by atoms with E-state index in [1.54, 1.807) is 6.07 Å². The Labute approximate surface area is 77.6 Å². The number of nitrogens with zero attached hydrogens (tertiary/aromatic N) is 1. The summed E-state index contributed by atoms with van der Waals surface area (Å²) in [5.41, 5.74) is 1.58. The van der Waals surface area contributed by atoms with E-state index in [0.29, 0.717) is 5.56 Å². The average Bonchev–Trinajstić information content (AvgIpc) is 2.20. The predicted molar refractivity (Wildman–Crippen MR) is 49.2 cm³/mol. The molecule has 13 heavy (non-hydrogen) atoms. The maximum atomic E-state index is 11.0. The standard InChI is InChI=1S/C9H10O2.CHN/c1-7-5-3-4-6-8(7)9(10)11-2;1-2/h3-6H,1-2H3;1H. The highest BCUT2D eigenvalue weighted by atomic mass is 16.5. The summed E-state index contributed by atoms with van der Waals surface area (Å²) in [6, 6.07) is 7.34. The summed E-state index contributed by atoms with van der Waals surface area (Å²) < 4.78 is 4.58. The lowest BCUT2D eigenvalue weighted by molar-refractivity contribution is 0.0600. The number of rotatable bonds is 1. The van der Waals surface area contributed by atoms with E-state index in [9.17, 15) is 4.79 Å². The first-order valence-electron chi connectivity index (χ1n) is 3.65. The Balaban J connectivity index is 0.000000671. The fourth-order valence-electron chi connectivity index (χ4n) is 0.912. The second-order valence-corrected chi connectivity index (χ2v) is 2.31. The number of ether oxygens (including phenoxy) is 1. The van der Waals surface area contributed by atoms with Crippen molar-refractivity contribution in [3.05, 3.63) is 35.4 Å². The van der Waals surface area contributed by atoms with Gasteiger partial charge >= 0.3 is 5.97 Å². The molecule has 0 N–H and O–H groups in total. The molecule has 0 aliphatic rings. The second kappa shape index (κ2) is 5.78. The van der Waals surface area contributed by atoms with E-state index in [0.717, 1.165) is 5.56 Å². The van der Waals surface area contributed by atoms with Gasteiger partial charge in [-0.15, -0.1) is 0 Å². The van der Waals surface area contributed by atoms with E-state index in [1.165, 1.54) is 7.11 Å². The minimum Gasteiger partial charge on any atom is -0.465 e. The minimum atomic E-state index is -0.275. The van der Waals surface area contributed by atoms with Crippen molar-refractivity contribution in [3.63, 3.8) is 0 Å². The van der Waals surface area contributed by atoms with Crippen LogP contribution in [0.4, 0.5) is 0 Å². The number of esters is 1. The smallest absolute Gasteiger partial charge is 0.338 e. The van der Waals surface area contributed by atoms with Gasteiger partial charge in [-0.3, -0.25) is 0 Å². The van der Waals surface area contributed by atoms with Gasteiger partial charge < -0.3 is 4.74 Å². The van der Waals surface area contributed by atoms with E-state index >= 15 is 0 Å². The highest BCUT2D eigenvalue weighted by molar-refractivity contribution is 5.90. The highest BCUT2D eigenvalue weighted by Gasteiger charge is 2.05. The molecule has 1 rings (SSSR count). The van der Waals surface area contributed by atoms with Crippen LogP contribution >= 0.6 is 0 Å². The number of carbonyl (C=O) groups excluding carboxylic acids is 1. The molecule has 3 nitrogen and oxygen atoms in total. The molecule has 0 bridgehead atoms. The first-order valence-corrected chi connectivity index (χ1v) is 3.65. The molecule has 0 aliphatic heterocycles. The van der Waals surface area contributed by atoms with E-state index < -0.39 is 0 Å². The summed E-state index contributed by atoms with van der Waals surface area (Å²) in [6.07, 6.45) is 0. The van der Waals surface area contributed by atoms with Gasteiger partial charge in [-0.2, -0.15) is 0 Å². The molecule has 0 atom stereocenters. The highest BCUT2D eigenvalue weighted by Crippen LogP contribution is 2.07. The molecule has 1 aromatic carbocycles. The summed E-state index contributed by atoms with van der Waals surface area (Å²) >= 11 is 0. The van der Waals surface area contributed by atoms with Crippen LogP contribution in [0.3, 0.4) is 0 Å². The first-order chi connectivity index (χ1) is 6.25. The molecule has 0 aromatic heterocycles. The summed E-state index contributed by atoms with van der Waals surface area (Å²) in [7, 11) is 1.38. The quantitative estimate of drug-likeness (QED) is 0.616. The van der Waals surface area contributed by atoms with Gasteiger partial charge in [0.05, 0.1) is 12.7 Å². The molecule has 0 heterocycles. The summed E-state index contributed by atoms with van der Waals surface area (Å²) in [6.45, 7) is 5.38. The topological polar surface area (TPSA) is 50.1 Å². The van der Waals surface area contributed by atoms with Crippen LogP contribution in [0.1, 0.15) is 15.9 Å². The van der Waals surface area contributed by atoms with Crippen LogP contribution in [0.15, 0.2) is 24.3 Å². The fourth-order valence-corrected chi connectivity index (χ4v) is 0.912. The minimum absolute atomic E-state index is 0.275. The van der Waals surface area contributed by atoms with Crippen LogP contribution < -0.4 is 0 Å². The molecule has 68 valence electrons. The molecular weight excluding hydrogens is 166 g/mol. The lowest BCUT2D eigenvalue weighted by Gasteiger charge is -2.00. The first kappa shape index (κ1) is 11.2. The summed E-state index contributed by atoms with van der Waals surface area (Å²) in [4.78, 5) is 11.0. The molecule has 0 amide bonds. The van der Waals surface area contributed by atoms with Gasteiger partial charge in [0, 0.05) is 6.57 Å². The average molecular weight is 177 g/mol. The third-order valence-corrected chi connectivity index (χ3v) is 1.55. The number of carbonyl (C=O) groups is 1. The Hall–Kier alpha value is -1.82. The van der Waals surface area contributed by atoms with Gasteiger partial charge in [0.2, 0.25) is 0 Å². The van der Waals surface area contributed by atoms with Crippen LogP contribution in [-0.2, 0) is 4.74 Å². The normalized spacial score (nSPS) is 8.00.